The van der Waals surface area contributed by atoms with Crippen molar-refractivity contribution in [1.82, 2.24) is 30.0 Å². The van der Waals surface area contributed by atoms with E-state index >= 15 is 0 Å². The molecule has 1 saturated heterocycles. The summed E-state index contributed by atoms with van der Waals surface area (Å²) in [5.74, 6) is 0.140. The molecule has 5 rings (SSSR count). The van der Waals surface area contributed by atoms with E-state index < -0.39 is 5.82 Å². The second kappa shape index (κ2) is 6.67. The average molecular weight is 441 g/mol. The van der Waals surface area contributed by atoms with E-state index in [0.29, 0.717) is 32.6 Å². The number of aromatic amines is 1. The predicted molar refractivity (Wildman–Crippen MR) is 121 cm³/mol. The van der Waals surface area contributed by atoms with Crippen LogP contribution in [0.15, 0.2) is 23.1 Å². The molecule has 7 nitrogen and oxygen atoms in total. The van der Waals surface area contributed by atoms with Gasteiger partial charge < -0.3 is 10.3 Å². The molecule has 0 amide bonds. The van der Waals surface area contributed by atoms with Crippen molar-refractivity contribution >= 4 is 32.6 Å². The number of halogens is 1. The van der Waals surface area contributed by atoms with Crippen LogP contribution in [0.1, 0.15) is 51.5 Å². The number of hydrogen-bond donors (Lipinski definition) is 2. The fourth-order valence-corrected chi connectivity index (χ4v) is 6.05. The van der Waals surface area contributed by atoms with Crippen molar-refractivity contribution in [1.29, 1.82) is 0 Å². The van der Waals surface area contributed by atoms with Gasteiger partial charge in [0.15, 0.2) is 16.2 Å². The molecule has 0 atom stereocenters. The summed E-state index contributed by atoms with van der Waals surface area (Å²) in [6, 6.07) is 3.15. The Morgan fingerprint density at radius 2 is 1.84 bits per heavy atom. The Labute approximate surface area is 182 Å². The lowest BCUT2D eigenvalue weighted by Crippen LogP contribution is -2.57. The Balaban J connectivity index is 1.59. The van der Waals surface area contributed by atoms with Gasteiger partial charge in [-0.3, -0.25) is 9.48 Å². The van der Waals surface area contributed by atoms with Crippen LogP contribution in [0.2, 0.25) is 0 Å². The van der Waals surface area contributed by atoms with Crippen LogP contribution >= 0.6 is 11.3 Å². The van der Waals surface area contributed by atoms with Crippen molar-refractivity contribution in [2.45, 2.75) is 57.5 Å². The minimum Gasteiger partial charge on any atom is -0.307 e. The van der Waals surface area contributed by atoms with Gasteiger partial charge in [-0.25, -0.2) is 14.4 Å². The summed E-state index contributed by atoms with van der Waals surface area (Å²) in [7, 11) is 1.74. The number of nitrogens with zero attached hydrogens (tertiary/aromatic N) is 4. The molecule has 0 saturated carbocycles. The number of nitrogens with one attached hydrogen (secondary N) is 2. The zero-order chi connectivity index (χ0) is 22.1. The maximum atomic E-state index is 14.5. The molecule has 31 heavy (non-hydrogen) atoms. The van der Waals surface area contributed by atoms with Gasteiger partial charge in [-0.2, -0.15) is 5.10 Å². The first-order chi connectivity index (χ1) is 14.5. The van der Waals surface area contributed by atoms with Crippen molar-refractivity contribution in [3.8, 4) is 11.4 Å². The number of aromatic nitrogens is 5. The molecule has 0 bridgehead atoms. The molecule has 9 heteroatoms. The molecule has 4 heterocycles. The Hall–Kier alpha value is -2.65. The molecule has 1 aliphatic rings. The minimum absolute atomic E-state index is 0.0219. The number of piperidine rings is 1. The second-order valence-corrected chi connectivity index (χ2v) is 10.8. The lowest BCUT2D eigenvalue weighted by molar-refractivity contribution is 0.161. The van der Waals surface area contributed by atoms with E-state index in [1.54, 1.807) is 24.0 Å². The minimum atomic E-state index is -0.444. The first-order valence-corrected chi connectivity index (χ1v) is 11.1. The highest BCUT2D eigenvalue weighted by molar-refractivity contribution is 7.18. The standard InChI is InChI=1S/C22H25FN6OS/c1-21(2)8-13(9-22(3,4)28-21)19-24-16-18(30)25-17(26-20(16)31-19)11-6-12-10-29(5)27-15(12)14(23)7-11/h6-7,10,13,28H,8-9H2,1-5H3,(H,25,26,30). The summed E-state index contributed by atoms with van der Waals surface area (Å²) in [5.41, 5.74) is 0.808. The van der Waals surface area contributed by atoms with Gasteiger partial charge in [0.25, 0.3) is 5.56 Å². The molecule has 1 fully saturated rings. The highest BCUT2D eigenvalue weighted by Crippen LogP contribution is 2.41. The molecular formula is C22H25FN6OS. The number of H-pyrrole nitrogens is 1. The predicted octanol–water partition coefficient (Wildman–Crippen LogP) is 4.10. The van der Waals surface area contributed by atoms with Gasteiger partial charge in [0, 0.05) is 41.2 Å². The van der Waals surface area contributed by atoms with Gasteiger partial charge in [-0.15, -0.1) is 0 Å². The van der Waals surface area contributed by atoms with E-state index in [1.165, 1.54) is 17.4 Å². The van der Waals surface area contributed by atoms with Crippen molar-refractivity contribution in [3.05, 3.63) is 39.5 Å². The summed E-state index contributed by atoms with van der Waals surface area (Å²) >= 11 is 1.46. The molecule has 1 aromatic carbocycles. The molecule has 0 aliphatic carbocycles. The van der Waals surface area contributed by atoms with Gasteiger partial charge in [0.2, 0.25) is 0 Å². The number of thiazole rings is 1. The highest BCUT2D eigenvalue weighted by atomic mass is 32.1. The average Bonchev–Trinajstić information content (AvgIpc) is 3.22. The number of aryl methyl sites for hydroxylation is 1. The van der Waals surface area contributed by atoms with E-state index in [9.17, 15) is 9.18 Å². The van der Waals surface area contributed by atoms with Crippen LogP contribution in [0.3, 0.4) is 0 Å². The van der Waals surface area contributed by atoms with Crippen LogP contribution in [-0.2, 0) is 7.05 Å². The Morgan fingerprint density at radius 1 is 1.13 bits per heavy atom. The summed E-state index contributed by atoms with van der Waals surface area (Å²) in [6.45, 7) is 8.78. The van der Waals surface area contributed by atoms with E-state index in [2.05, 4.69) is 53.1 Å². The Bertz CT molecular complexity index is 1370. The third-order valence-electron chi connectivity index (χ3n) is 5.78. The van der Waals surface area contributed by atoms with E-state index in [4.69, 9.17) is 0 Å². The van der Waals surface area contributed by atoms with Gasteiger partial charge in [-0.1, -0.05) is 11.3 Å². The topological polar surface area (TPSA) is 88.5 Å². The number of hydrogen-bond acceptors (Lipinski definition) is 6. The fraction of sp³-hybridized carbons (Fsp3) is 0.455. The number of benzene rings is 1. The number of rotatable bonds is 2. The third kappa shape index (κ3) is 3.65. The summed E-state index contributed by atoms with van der Waals surface area (Å²) in [4.78, 5) is 25.5. The SMILES string of the molecule is Cn1cc2cc(-c3nc4sc(C5CC(C)(C)NC(C)(C)C5)nc4c(=O)[nH]3)cc(F)c2n1. The fourth-order valence-electron chi connectivity index (χ4n) is 5.01. The lowest BCUT2D eigenvalue weighted by atomic mass is 9.76. The van der Waals surface area contributed by atoms with Crippen LogP contribution in [0, 0.1) is 5.82 Å². The monoisotopic (exact) mass is 440 g/mol. The van der Waals surface area contributed by atoms with Crippen LogP contribution in [-0.4, -0.2) is 35.8 Å². The molecule has 162 valence electrons. The second-order valence-electron chi connectivity index (χ2n) is 9.82. The quantitative estimate of drug-likeness (QED) is 0.490. The molecule has 0 radical (unpaired) electrons. The van der Waals surface area contributed by atoms with E-state index in [-0.39, 0.29) is 22.6 Å². The summed E-state index contributed by atoms with van der Waals surface area (Å²) in [5, 5.41) is 9.40. The zero-order valence-electron chi connectivity index (χ0n) is 18.2. The number of fused-ring (bicyclic) bond motifs is 2. The van der Waals surface area contributed by atoms with Crippen LogP contribution in [0.25, 0.3) is 32.6 Å². The van der Waals surface area contributed by atoms with E-state index in [0.717, 1.165) is 17.8 Å². The molecule has 3 aromatic heterocycles. The van der Waals surface area contributed by atoms with Gasteiger partial charge in [0.05, 0.1) is 5.01 Å². The molecule has 0 unspecified atom stereocenters. The Morgan fingerprint density at radius 3 is 2.55 bits per heavy atom. The zero-order valence-corrected chi connectivity index (χ0v) is 19.0. The van der Waals surface area contributed by atoms with E-state index in [1.807, 2.05) is 0 Å². The van der Waals surface area contributed by atoms with Crippen LogP contribution in [0.5, 0.6) is 0 Å². The smallest absolute Gasteiger partial charge is 0.278 e. The van der Waals surface area contributed by atoms with Gasteiger partial charge >= 0.3 is 0 Å². The van der Waals surface area contributed by atoms with Crippen molar-refractivity contribution < 1.29 is 4.39 Å². The Kier molecular flexibility index (Phi) is 4.36. The van der Waals surface area contributed by atoms with Crippen molar-refractivity contribution in [3.63, 3.8) is 0 Å². The summed E-state index contributed by atoms with van der Waals surface area (Å²) < 4.78 is 16.1. The van der Waals surface area contributed by atoms with Crippen molar-refractivity contribution in [2.75, 3.05) is 0 Å². The first-order valence-electron chi connectivity index (χ1n) is 10.3. The largest absolute Gasteiger partial charge is 0.307 e. The first kappa shape index (κ1) is 20.3. The lowest BCUT2D eigenvalue weighted by Gasteiger charge is -2.46. The maximum Gasteiger partial charge on any atom is 0.278 e. The van der Waals surface area contributed by atoms with Crippen LogP contribution in [0.4, 0.5) is 4.39 Å². The summed E-state index contributed by atoms with van der Waals surface area (Å²) in [6.07, 6.45) is 3.61. The normalized spacial score (nSPS) is 18.8. The van der Waals surface area contributed by atoms with Crippen LogP contribution < -0.4 is 10.9 Å². The molecule has 2 N–H and O–H groups in total. The molecule has 1 aliphatic heterocycles. The van der Waals surface area contributed by atoms with Gasteiger partial charge in [-0.05, 0) is 52.7 Å². The molecular weight excluding hydrogens is 415 g/mol. The molecule has 4 aromatic rings. The van der Waals surface area contributed by atoms with Gasteiger partial charge in [0.1, 0.15) is 11.3 Å². The third-order valence-corrected chi connectivity index (χ3v) is 6.89. The highest BCUT2D eigenvalue weighted by Gasteiger charge is 2.39. The van der Waals surface area contributed by atoms with Crippen molar-refractivity contribution in [2.24, 2.45) is 7.05 Å². The molecule has 0 spiro atoms. The maximum absolute atomic E-state index is 14.5.